The SMILES string of the molecule is CC1=CC=C[I-]C=C1c1cc2cc(NC(=O)C=C3CCN(C(=O)c4ccccc4)CC3)ncc2c(N)n1. The van der Waals surface area contributed by atoms with Crippen LogP contribution in [0.1, 0.15) is 35.8 Å². The quantitative estimate of drug-likeness (QED) is 0.350. The van der Waals surface area contributed by atoms with Crippen LogP contribution < -0.4 is 32.3 Å². The maximum atomic E-state index is 12.8. The summed E-state index contributed by atoms with van der Waals surface area (Å²) >= 11 is -0.180. The number of hydrogen-bond donors (Lipinski definition) is 2. The number of pyridine rings is 2. The molecule has 2 aromatic heterocycles. The second-order valence-corrected chi connectivity index (χ2v) is 11.0. The molecule has 1 fully saturated rings. The van der Waals surface area contributed by atoms with Gasteiger partial charge in [0.1, 0.15) is 0 Å². The van der Waals surface area contributed by atoms with Crippen molar-refractivity contribution in [1.82, 2.24) is 14.9 Å². The number of fused-ring (bicyclic) bond motifs is 1. The predicted octanol–water partition coefficient (Wildman–Crippen LogP) is 1.92. The van der Waals surface area contributed by atoms with Crippen LogP contribution in [-0.4, -0.2) is 39.8 Å². The third-order valence-electron chi connectivity index (χ3n) is 6.41. The summed E-state index contributed by atoms with van der Waals surface area (Å²) in [6.07, 6.45) is 8.80. The van der Waals surface area contributed by atoms with Gasteiger partial charge in [0.15, 0.2) is 0 Å². The van der Waals surface area contributed by atoms with Gasteiger partial charge in [-0.15, -0.1) is 0 Å². The average Bonchev–Trinajstić information content (AvgIpc) is 3.13. The Morgan fingerprint density at radius 3 is 2.70 bits per heavy atom. The van der Waals surface area contributed by atoms with Crippen molar-refractivity contribution in [1.29, 1.82) is 0 Å². The molecule has 0 bridgehead atoms. The summed E-state index contributed by atoms with van der Waals surface area (Å²) in [5.41, 5.74) is 11.0. The molecule has 0 spiro atoms. The van der Waals surface area contributed by atoms with Gasteiger partial charge in [0.2, 0.25) is 0 Å². The van der Waals surface area contributed by atoms with E-state index >= 15 is 0 Å². The number of nitrogens with zero attached hydrogens (tertiary/aromatic N) is 3. The number of nitrogens with two attached hydrogens (primary N) is 1. The Morgan fingerprint density at radius 1 is 1.14 bits per heavy atom. The Hall–Kier alpha value is -3.79. The third-order valence-corrected chi connectivity index (χ3v) is 8.22. The van der Waals surface area contributed by atoms with E-state index in [4.69, 9.17) is 5.73 Å². The van der Waals surface area contributed by atoms with Crippen molar-refractivity contribution in [3.63, 3.8) is 0 Å². The standard InChI is InChI=1S/C29H27IN5O2/c1-19-6-5-11-30-17-23(19)25-15-22-16-26(32-18-24(22)28(31)33-25)34-27(36)14-20-9-12-35(13-10-20)29(37)21-7-3-2-4-8-21/h2-8,11,14-18H,9-10,12-13H2,1H3,(H2,31,33)(H,32,34,36)/q-1. The number of carbonyl (C=O) groups excluding carboxylic acids is 2. The minimum absolute atomic E-state index is 0.0287. The second-order valence-electron chi connectivity index (χ2n) is 8.95. The summed E-state index contributed by atoms with van der Waals surface area (Å²) < 4.78 is 4.45. The van der Waals surface area contributed by atoms with E-state index < -0.39 is 0 Å². The normalized spacial score (nSPS) is 15.8. The molecule has 3 aromatic rings. The molecule has 4 heterocycles. The first-order valence-electron chi connectivity index (χ1n) is 12.1. The number of piperidine rings is 1. The van der Waals surface area contributed by atoms with E-state index in [1.807, 2.05) is 47.4 Å². The maximum absolute atomic E-state index is 12.8. The molecule has 0 saturated carbocycles. The first-order chi connectivity index (χ1) is 18.0. The molecule has 37 heavy (non-hydrogen) atoms. The van der Waals surface area contributed by atoms with Crippen molar-refractivity contribution in [3.8, 4) is 0 Å². The molecule has 0 atom stereocenters. The van der Waals surface area contributed by atoms with Crippen molar-refractivity contribution in [2.75, 3.05) is 24.1 Å². The van der Waals surface area contributed by atoms with E-state index in [2.05, 4.69) is 42.5 Å². The Balaban J connectivity index is 1.27. The Kier molecular flexibility index (Phi) is 7.45. The van der Waals surface area contributed by atoms with E-state index in [1.165, 1.54) is 0 Å². The number of aromatic nitrogens is 2. The molecule has 0 aliphatic carbocycles. The number of hydrogen-bond acceptors (Lipinski definition) is 5. The first kappa shape index (κ1) is 24.9. The topological polar surface area (TPSA) is 101 Å². The number of allylic oxidation sites excluding steroid dienone is 4. The van der Waals surface area contributed by atoms with Crippen LogP contribution in [0.25, 0.3) is 16.3 Å². The summed E-state index contributed by atoms with van der Waals surface area (Å²) in [4.78, 5) is 36.2. The molecule has 2 amide bonds. The number of anilines is 2. The van der Waals surface area contributed by atoms with Gasteiger partial charge >= 0.3 is 162 Å². The van der Waals surface area contributed by atoms with Crippen molar-refractivity contribution < 1.29 is 30.8 Å². The van der Waals surface area contributed by atoms with Crippen LogP contribution in [0.15, 0.2) is 86.2 Å². The van der Waals surface area contributed by atoms with Gasteiger partial charge in [-0.3, -0.25) is 4.79 Å². The van der Waals surface area contributed by atoms with Gasteiger partial charge in [0.25, 0.3) is 5.91 Å². The molecular formula is C29H27IN5O2-. The number of amides is 2. The van der Waals surface area contributed by atoms with Gasteiger partial charge in [-0.2, -0.15) is 0 Å². The van der Waals surface area contributed by atoms with Crippen molar-refractivity contribution in [2.45, 2.75) is 19.8 Å². The molecule has 1 aromatic carbocycles. The zero-order chi connectivity index (χ0) is 25.8. The molecule has 0 radical (unpaired) electrons. The van der Waals surface area contributed by atoms with Gasteiger partial charge in [-0.05, 0) is 12.1 Å². The summed E-state index contributed by atoms with van der Waals surface area (Å²) in [7, 11) is 0. The van der Waals surface area contributed by atoms with Crippen LogP contribution >= 0.6 is 0 Å². The number of carbonyl (C=O) groups is 2. The Morgan fingerprint density at radius 2 is 1.92 bits per heavy atom. The van der Waals surface area contributed by atoms with Gasteiger partial charge in [0.05, 0.1) is 0 Å². The van der Waals surface area contributed by atoms with Crippen molar-refractivity contribution >= 4 is 39.8 Å². The molecule has 188 valence electrons. The van der Waals surface area contributed by atoms with Crippen LogP contribution in [0.3, 0.4) is 0 Å². The number of benzene rings is 1. The van der Waals surface area contributed by atoms with Gasteiger partial charge in [-0.25, -0.2) is 0 Å². The summed E-state index contributed by atoms with van der Waals surface area (Å²) in [6.45, 7) is 3.26. The molecule has 0 unspecified atom stereocenters. The molecule has 3 N–H and O–H groups in total. The number of nitrogen functional groups attached to an aromatic ring is 1. The van der Waals surface area contributed by atoms with E-state index in [9.17, 15) is 9.59 Å². The molecule has 7 nitrogen and oxygen atoms in total. The van der Waals surface area contributed by atoms with E-state index in [0.717, 1.165) is 33.2 Å². The van der Waals surface area contributed by atoms with E-state index in [1.54, 1.807) is 12.3 Å². The van der Waals surface area contributed by atoms with Gasteiger partial charge < -0.3 is 4.90 Å². The molecule has 2 aliphatic heterocycles. The van der Waals surface area contributed by atoms with Crippen molar-refractivity contribution in [2.24, 2.45) is 0 Å². The monoisotopic (exact) mass is 604 g/mol. The molecule has 8 heteroatoms. The molecule has 1 saturated heterocycles. The number of halogens is 1. The summed E-state index contributed by atoms with van der Waals surface area (Å²) in [6, 6.07) is 13.1. The molecule has 2 aliphatic rings. The van der Waals surface area contributed by atoms with Gasteiger partial charge in [-0.1, -0.05) is 18.2 Å². The zero-order valence-electron chi connectivity index (χ0n) is 20.4. The van der Waals surface area contributed by atoms with Crippen LogP contribution in [0.2, 0.25) is 0 Å². The van der Waals surface area contributed by atoms with Crippen LogP contribution in [0.4, 0.5) is 11.6 Å². The van der Waals surface area contributed by atoms with Crippen molar-refractivity contribution in [3.05, 3.63) is 97.5 Å². The number of likely N-dealkylation sites (tertiary alicyclic amines) is 1. The second kappa shape index (κ2) is 11.1. The molecule has 5 rings (SSSR count). The predicted molar refractivity (Wildman–Crippen MR) is 143 cm³/mol. The van der Waals surface area contributed by atoms with Crippen LogP contribution in [0, 0.1) is 0 Å². The summed E-state index contributed by atoms with van der Waals surface area (Å²) in [5, 5.41) is 4.50. The minimum atomic E-state index is -0.229. The van der Waals surface area contributed by atoms with E-state index in [0.29, 0.717) is 43.1 Å². The fraction of sp³-hybridized carbons (Fsp3) is 0.172. The zero-order valence-corrected chi connectivity index (χ0v) is 22.6. The fourth-order valence-corrected chi connectivity index (χ4v) is 6.21. The Labute approximate surface area is 226 Å². The first-order valence-corrected chi connectivity index (χ1v) is 14.5. The van der Waals surface area contributed by atoms with Crippen LogP contribution in [-0.2, 0) is 4.79 Å². The van der Waals surface area contributed by atoms with E-state index in [-0.39, 0.29) is 33.0 Å². The van der Waals surface area contributed by atoms with Gasteiger partial charge in [0, 0.05) is 18.7 Å². The number of nitrogens with one attached hydrogen (secondary N) is 1. The fourth-order valence-electron chi connectivity index (χ4n) is 4.39. The van der Waals surface area contributed by atoms with Crippen LogP contribution in [0.5, 0.6) is 0 Å². The third kappa shape index (κ3) is 5.80. The number of rotatable bonds is 4. The Bertz CT molecular complexity index is 1480. The molecular weight excluding hydrogens is 577 g/mol. The summed E-state index contributed by atoms with van der Waals surface area (Å²) in [5.74, 6) is 0.675. The average molecular weight is 604 g/mol.